The van der Waals surface area contributed by atoms with E-state index >= 15 is 0 Å². The van der Waals surface area contributed by atoms with Crippen LogP contribution in [0.5, 0.6) is 0 Å². The zero-order valence-electron chi connectivity index (χ0n) is 7.34. The summed E-state index contributed by atoms with van der Waals surface area (Å²) in [5.41, 5.74) is -0.261. The van der Waals surface area contributed by atoms with Crippen LogP contribution in [0, 0.1) is 0 Å². The molecule has 1 atom stereocenters. The highest BCUT2D eigenvalue weighted by Gasteiger charge is 2.07. The number of rotatable bonds is 3. The predicted octanol–water partition coefficient (Wildman–Crippen LogP) is 2.25. The van der Waals surface area contributed by atoms with Crippen molar-refractivity contribution in [2.75, 3.05) is 0 Å². The SMILES string of the molecule is CCC(F)Cn1c(Cl)cccc1=O. The Kier molecular flexibility index (Phi) is 3.48. The molecule has 0 amide bonds. The molecule has 0 bridgehead atoms. The maximum absolute atomic E-state index is 13.0. The minimum absolute atomic E-state index is 0.0367. The average molecular weight is 204 g/mol. The van der Waals surface area contributed by atoms with Gasteiger partial charge < -0.3 is 0 Å². The lowest BCUT2D eigenvalue weighted by molar-refractivity contribution is 0.285. The second-order valence-corrected chi connectivity index (χ2v) is 3.19. The number of pyridine rings is 1. The fourth-order valence-electron chi connectivity index (χ4n) is 0.999. The third kappa shape index (κ3) is 2.56. The van der Waals surface area contributed by atoms with E-state index in [1.165, 1.54) is 10.6 Å². The van der Waals surface area contributed by atoms with Crippen LogP contribution in [0.1, 0.15) is 13.3 Å². The van der Waals surface area contributed by atoms with Gasteiger partial charge in [-0.15, -0.1) is 0 Å². The van der Waals surface area contributed by atoms with Crippen LogP contribution in [0.15, 0.2) is 23.0 Å². The molecule has 0 aliphatic heterocycles. The summed E-state index contributed by atoms with van der Waals surface area (Å²) in [6, 6.07) is 4.50. The first kappa shape index (κ1) is 10.3. The molecule has 2 nitrogen and oxygen atoms in total. The van der Waals surface area contributed by atoms with Crippen molar-refractivity contribution in [3.8, 4) is 0 Å². The molecule has 1 rings (SSSR count). The van der Waals surface area contributed by atoms with E-state index in [4.69, 9.17) is 11.6 Å². The maximum Gasteiger partial charge on any atom is 0.251 e. The Morgan fingerprint density at radius 3 is 2.85 bits per heavy atom. The van der Waals surface area contributed by atoms with E-state index < -0.39 is 6.17 Å². The number of hydrogen-bond donors (Lipinski definition) is 0. The van der Waals surface area contributed by atoms with Crippen molar-refractivity contribution in [2.45, 2.75) is 26.1 Å². The van der Waals surface area contributed by atoms with Gasteiger partial charge in [-0.3, -0.25) is 9.36 Å². The number of aromatic nitrogens is 1. The van der Waals surface area contributed by atoms with Gasteiger partial charge in [0.2, 0.25) is 0 Å². The lowest BCUT2D eigenvalue weighted by atomic mass is 10.3. The summed E-state index contributed by atoms with van der Waals surface area (Å²) < 4.78 is 14.2. The van der Waals surface area contributed by atoms with E-state index in [-0.39, 0.29) is 17.3 Å². The topological polar surface area (TPSA) is 22.0 Å². The molecule has 13 heavy (non-hydrogen) atoms. The summed E-state index contributed by atoms with van der Waals surface area (Å²) in [4.78, 5) is 11.2. The molecule has 0 fully saturated rings. The van der Waals surface area contributed by atoms with Crippen LogP contribution < -0.4 is 5.56 Å². The second-order valence-electron chi connectivity index (χ2n) is 2.80. The van der Waals surface area contributed by atoms with Gasteiger partial charge in [0.15, 0.2) is 0 Å². The van der Waals surface area contributed by atoms with Crippen molar-refractivity contribution in [1.82, 2.24) is 4.57 Å². The van der Waals surface area contributed by atoms with Gasteiger partial charge in [-0.1, -0.05) is 24.6 Å². The molecular formula is C9H11ClFNO. The molecule has 4 heteroatoms. The van der Waals surface area contributed by atoms with E-state index in [0.29, 0.717) is 6.42 Å². The highest BCUT2D eigenvalue weighted by Crippen LogP contribution is 2.07. The first-order valence-corrected chi connectivity index (χ1v) is 4.52. The monoisotopic (exact) mass is 203 g/mol. The van der Waals surface area contributed by atoms with Gasteiger partial charge in [0.1, 0.15) is 11.3 Å². The van der Waals surface area contributed by atoms with Crippen LogP contribution >= 0.6 is 11.6 Å². The Labute approximate surface area is 81.0 Å². The minimum Gasteiger partial charge on any atom is -0.296 e. The first-order valence-electron chi connectivity index (χ1n) is 4.14. The molecule has 0 N–H and O–H groups in total. The molecule has 0 aliphatic carbocycles. The summed E-state index contributed by atoms with van der Waals surface area (Å²) in [6.45, 7) is 1.77. The molecule has 0 aliphatic rings. The van der Waals surface area contributed by atoms with Gasteiger partial charge in [0.25, 0.3) is 5.56 Å². The third-order valence-electron chi connectivity index (χ3n) is 1.82. The summed E-state index contributed by atoms with van der Waals surface area (Å²) in [7, 11) is 0. The van der Waals surface area contributed by atoms with Crippen molar-refractivity contribution >= 4 is 11.6 Å². The molecule has 0 radical (unpaired) electrons. The maximum atomic E-state index is 13.0. The van der Waals surface area contributed by atoms with E-state index in [0.717, 1.165) is 0 Å². The Morgan fingerprint density at radius 2 is 2.31 bits per heavy atom. The van der Waals surface area contributed by atoms with Crippen LogP contribution in [-0.2, 0) is 6.54 Å². The molecule has 1 unspecified atom stereocenters. The van der Waals surface area contributed by atoms with Crippen molar-refractivity contribution in [3.05, 3.63) is 33.7 Å². The Hall–Kier alpha value is -0.830. The fourth-order valence-corrected chi connectivity index (χ4v) is 1.22. The van der Waals surface area contributed by atoms with Crippen molar-refractivity contribution in [1.29, 1.82) is 0 Å². The number of nitrogens with zero attached hydrogens (tertiary/aromatic N) is 1. The Balaban J connectivity index is 2.93. The second kappa shape index (κ2) is 4.42. The number of halogens is 2. The summed E-state index contributed by atoms with van der Waals surface area (Å²) in [6.07, 6.45) is -0.630. The molecular weight excluding hydrogens is 193 g/mol. The van der Waals surface area contributed by atoms with Gasteiger partial charge in [-0.05, 0) is 12.5 Å². The Bertz CT molecular complexity index is 337. The van der Waals surface area contributed by atoms with Crippen molar-refractivity contribution in [3.63, 3.8) is 0 Å². The van der Waals surface area contributed by atoms with Crippen LogP contribution in [0.2, 0.25) is 5.15 Å². The number of hydrogen-bond acceptors (Lipinski definition) is 1. The normalized spacial score (nSPS) is 12.8. The largest absolute Gasteiger partial charge is 0.296 e. The van der Waals surface area contributed by atoms with Crippen LogP contribution in [0.4, 0.5) is 4.39 Å². The quantitative estimate of drug-likeness (QED) is 0.691. The average Bonchev–Trinajstić information content (AvgIpc) is 2.11. The summed E-state index contributed by atoms with van der Waals surface area (Å²) in [5, 5.41) is 0.281. The molecule has 0 saturated carbocycles. The molecule has 0 saturated heterocycles. The van der Waals surface area contributed by atoms with Gasteiger partial charge in [0, 0.05) is 6.07 Å². The molecule has 1 aromatic rings. The first-order chi connectivity index (χ1) is 6.15. The molecule has 1 heterocycles. The van der Waals surface area contributed by atoms with Crippen LogP contribution in [0.3, 0.4) is 0 Å². The summed E-state index contributed by atoms with van der Waals surface area (Å²) >= 11 is 5.73. The van der Waals surface area contributed by atoms with E-state index in [2.05, 4.69) is 0 Å². The molecule has 0 spiro atoms. The highest BCUT2D eigenvalue weighted by atomic mass is 35.5. The highest BCUT2D eigenvalue weighted by molar-refractivity contribution is 6.29. The fraction of sp³-hybridized carbons (Fsp3) is 0.444. The van der Waals surface area contributed by atoms with E-state index in [1.807, 2.05) is 0 Å². The number of alkyl halides is 1. The molecule has 0 aromatic carbocycles. The third-order valence-corrected chi connectivity index (χ3v) is 2.15. The standard InChI is InChI=1S/C9H11ClFNO/c1-2-7(11)6-12-8(10)4-3-5-9(12)13/h3-5,7H,2,6H2,1H3. The summed E-state index contributed by atoms with van der Waals surface area (Å²) in [5.74, 6) is 0. The molecule has 72 valence electrons. The zero-order chi connectivity index (χ0) is 9.84. The van der Waals surface area contributed by atoms with Gasteiger partial charge in [-0.2, -0.15) is 0 Å². The van der Waals surface area contributed by atoms with Crippen molar-refractivity contribution < 1.29 is 4.39 Å². The predicted molar refractivity (Wildman–Crippen MR) is 50.9 cm³/mol. The van der Waals surface area contributed by atoms with Gasteiger partial charge >= 0.3 is 0 Å². The smallest absolute Gasteiger partial charge is 0.251 e. The van der Waals surface area contributed by atoms with Crippen LogP contribution in [0.25, 0.3) is 0 Å². The van der Waals surface area contributed by atoms with Crippen LogP contribution in [-0.4, -0.2) is 10.7 Å². The van der Waals surface area contributed by atoms with Crippen molar-refractivity contribution in [2.24, 2.45) is 0 Å². The zero-order valence-corrected chi connectivity index (χ0v) is 8.09. The van der Waals surface area contributed by atoms with E-state index in [1.54, 1.807) is 19.1 Å². The lowest BCUT2D eigenvalue weighted by Crippen LogP contribution is -2.24. The van der Waals surface area contributed by atoms with Gasteiger partial charge in [0.05, 0.1) is 6.54 Å². The molecule has 1 aromatic heterocycles. The minimum atomic E-state index is -1.02. The lowest BCUT2D eigenvalue weighted by Gasteiger charge is -2.09. The van der Waals surface area contributed by atoms with E-state index in [9.17, 15) is 9.18 Å². The Morgan fingerprint density at radius 1 is 1.62 bits per heavy atom. The van der Waals surface area contributed by atoms with Gasteiger partial charge in [-0.25, -0.2) is 4.39 Å².